The standard InChI is InChI=1S/C10H19O3.Na/c1-2-3-4-5-6-7-9(11)8-10(12)13;/h9H,2-8H2,1H3,(H,12,13);/q-1;+1. The van der Waals surface area contributed by atoms with Crippen molar-refractivity contribution in [2.75, 3.05) is 0 Å². The molecule has 0 bridgehead atoms. The molecule has 0 radical (unpaired) electrons. The molecule has 0 aliphatic carbocycles. The van der Waals surface area contributed by atoms with Crippen molar-refractivity contribution in [2.45, 2.75) is 58.0 Å². The molecule has 3 nitrogen and oxygen atoms in total. The summed E-state index contributed by atoms with van der Waals surface area (Å²) < 4.78 is 0. The average Bonchev–Trinajstić information content (AvgIpc) is 2.02. The van der Waals surface area contributed by atoms with Crippen molar-refractivity contribution >= 4 is 5.97 Å². The molecule has 0 amide bonds. The quantitative estimate of drug-likeness (QED) is 0.394. The molecule has 0 aromatic heterocycles. The van der Waals surface area contributed by atoms with Crippen LogP contribution in [-0.2, 0) is 4.79 Å². The second-order valence-corrected chi connectivity index (χ2v) is 3.42. The molecule has 0 heterocycles. The van der Waals surface area contributed by atoms with Gasteiger partial charge in [0.1, 0.15) is 0 Å². The third-order valence-electron chi connectivity index (χ3n) is 2.03. The molecule has 1 N–H and O–H groups in total. The summed E-state index contributed by atoms with van der Waals surface area (Å²) in [6.07, 6.45) is 4.88. The minimum atomic E-state index is -0.978. The Bertz CT molecular complexity index is 139. The molecule has 0 saturated carbocycles. The third kappa shape index (κ3) is 12.4. The van der Waals surface area contributed by atoms with Gasteiger partial charge in [-0.15, -0.1) is 6.10 Å². The summed E-state index contributed by atoms with van der Waals surface area (Å²) >= 11 is 0. The second kappa shape index (κ2) is 11.5. The number of carbonyl (C=O) groups is 1. The van der Waals surface area contributed by atoms with E-state index in [0.29, 0.717) is 6.42 Å². The number of aliphatic carboxylic acids is 1. The topological polar surface area (TPSA) is 60.4 Å². The molecule has 1 atom stereocenters. The smallest absolute Gasteiger partial charge is 0.852 e. The van der Waals surface area contributed by atoms with Crippen LogP contribution in [0.4, 0.5) is 0 Å². The fraction of sp³-hybridized carbons (Fsp3) is 0.900. The van der Waals surface area contributed by atoms with Crippen LogP contribution in [0, 0.1) is 0 Å². The molecule has 0 rings (SSSR count). The number of hydrogen-bond acceptors (Lipinski definition) is 2. The van der Waals surface area contributed by atoms with Gasteiger partial charge in [-0.05, 0) is 0 Å². The SMILES string of the molecule is CCCCCCCC([O-])CC(=O)O.[Na+]. The monoisotopic (exact) mass is 210 g/mol. The zero-order chi connectivity index (χ0) is 10.1. The van der Waals surface area contributed by atoms with Crippen LogP contribution in [-0.4, -0.2) is 17.2 Å². The Morgan fingerprint density at radius 3 is 2.36 bits per heavy atom. The van der Waals surface area contributed by atoms with E-state index in [1.165, 1.54) is 12.8 Å². The first-order chi connectivity index (χ1) is 6.16. The molecule has 0 spiro atoms. The summed E-state index contributed by atoms with van der Waals surface area (Å²) in [5, 5.41) is 19.3. The molecule has 4 heteroatoms. The maximum Gasteiger partial charge on any atom is 1.00 e. The summed E-state index contributed by atoms with van der Waals surface area (Å²) in [5.41, 5.74) is 0. The van der Waals surface area contributed by atoms with Gasteiger partial charge in [0, 0.05) is 6.42 Å². The van der Waals surface area contributed by atoms with Gasteiger partial charge in [0.05, 0.1) is 0 Å². The summed E-state index contributed by atoms with van der Waals surface area (Å²) in [4.78, 5) is 10.1. The Kier molecular flexibility index (Phi) is 13.8. The largest absolute Gasteiger partial charge is 1.00 e. The van der Waals surface area contributed by atoms with Gasteiger partial charge in [-0.3, -0.25) is 4.79 Å². The fourth-order valence-electron chi connectivity index (χ4n) is 1.27. The predicted molar refractivity (Wildman–Crippen MR) is 49.4 cm³/mol. The van der Waals surface area contributed by atoms with Gasteiger partial charge in [0.2, 0.25) is 0 Å². The first-order valence-electron chi connectivity index (χ1n) is 5.04. The van der Waals surface area contributed by atoms with Crippen molar-refractivity contribution in [3.8, 4) is 0 Å². The Hall–Kier alpha value is 0.430. The molecule has 0 fully saturated rings. The summed E-state index contributed by atoms with van der Waals surface area (Å²) in [6, 6.07) is 0. The van der Waals surface area contributed by atoms with E-state index in [0.717, 1.165) is 19.3 Å². The van der Waals surface area contributed by atoms with Gasteiger partial charge in [-0.2, -0.15) is 0 Å². The molecule has 0 aliphatic rings. The van der Waals surface area contributed by atoms with Crippen LogP contribution in [0.25, 0.3) is 0 Å². The Balaban J connectivity index is 0. The molecule has 0 aromatic carbocycles. The molecule has 0 aliphatic heterocycles. The van der Waals surface area contributed by atoms with Gasteiger partial charge in [-0.1, -0.05) is 45.4 Å². The third-order valence-corrected chi connectivity index (χ3v) is 2.03. The molecule has 0 aromatic rings. The first kappa shape index (κ1) is 16.8. The molecule has 0 saturated heterocycles. The Morgan fingerprint density at radius 2 is 1.86 bits per heavy atom. The summed E-state index contributed by atoms with van der Waals surface area (Å²) in [7, 11) is 0. The van der Waals surface area contributed by atoms with Crippen molar-refractivity contribution in [1.82, 2.24) is 0 Å². The van der Waals surface area contributed by atoms with Gasteiger partial charge in [0.15, 0.2) is 0 Å². The number of rotatable bonds is 8. The van der Waals surface area contributed by atoms with Crippen LogP contribution in [0.5, 0.6) is 0 Å². The average molecular weight is 210 g/mol. The van der Waals surface area contributed by atoms with Gasteiger partial charge < -0.3 is 10.2 Å². The van der Waals surface area contributed by atoms with Crippen molar-refractivity contribution in [3.05, 3.63) is 0 Å². The zero-order valence-electron chi connectivity index (χ0n) is 9.29. The zero-order valence-corrected chi connectivity index (χ0v) is 11.3. The fourth-order valence-corrected chi connectivity index (χ4v) is 1.27. The summed E-state index contributed by atoms with van der Waals surface area (Å²) in [6.45, 7) is 2.14. The molecule has 78 valence electrons. The number of unbranched alkanes of at least 4 members (excludes halogenated alkanes) is 4. The van der Waals surface area contributed by atoms with E-state index in [1.54, 1.807) is 0 Å². The minimum absolute atomic E-state index is 0. The normalized spacial score (nSPS) is 11.9. The minimum Gasteiger partial charge on any atom is -0.852 e. The molecular formula is C10H19NaO3. The number of carboxylic acids is 1. The van der Waals surface area contributed by atoms with Crippen LogP contribution >= 0.6 is 0 Å². The van der Waals surface area contributed by atoms with E-state index in [1.807, 2.05) is 0 Å². The van der Waals surface area contributed by atoms with E-state index in [4.69, 9.17) is 5.11 Å². The molecule has 14 heavy (non-hydrogen) atoms. The maximum atomic E-state index is 11.0. The maximum absolute atomic E-state index is 11.0. The van der Waals surface area contributed by atoms with Crippen LogP contribution in [0.3, 0.4) is 0 Å². The number of carboxylic acid groups (broad SMARTS) is 1. The van der Waals surface area contributed by atoms with Crippen molar-refractivity contribution in [3.63, 3.8) is 0 Å². The Labute approximate surface area is 108 Å². The first-order valence-corrected chi connectivity index (χ1v) is 5.04. The van der Waals surface area contributed by atoms with Crippen LogP contribution < -0.4 is 34.7 Å². The van der Waals surface area contributed by atoms with Crippen molar-refractivity contribution in [2.24, 2.45) is 0 Å². The van der Waals surface area contributed by atoms with Crippen molar-refractivity contribution in [1.29, 1.82) is 0 Å². The summed E-state index contributed by atoms with van der Waals surface area (Å²) in [5.74, 6) is -0.978. The second-order valence-electron chi connectivity index (χ2n) is 3.42. The van der Waals surface area contributed by atoms with E-state index in [9.17, 15) is 9.90 Å². The van der Waals surface area contributed by atoms with E-state index in [2.05, 4.69) is 6.92 Å². The molecule has 1 unspecified atom stereocenters. The molecular weight excluding hydrogens is 191 g/mol. The van der Waals surface area contributed by atoms with E-state index in [-0.39, 0.29) is 36.0 Å². The van der Waals surface area contributed by atoms with Gasteiger partial charge in [0.25, 0.3) is 0 Å². The van der Waals surface area contributed by atoms with E-state index < -0.39 is 12.1 Å². The predicted octanol–water partition coefficient (Wildman–Crippen LogP) is -1.45. The van der Waals surface area contributed by atoms with Crippen LogP contribution in [0.2, 0.25) is 0 Å². The van der Waals surface area contributed by atoms with E-state index >= 15 is 0 Å². The van der Waals surface area contributed by atoms with Crippen molar-refractivity contribution < 1.29 is 44.6 Å². The Morgan fingerprint density at radius 1 is 1.29 bits per heavy atom. The van der Waals surface area contributed by atoms with Crippen LogP contribution in [0.1, 0.15) is 51.9 Å². The number of hydrogen-bond donors (Lipinski definition) is 1. The van der Waals surface area contributed by atoms with Crippen LogP contribution in [0.15, 0.2) is 0 Å². The van der Waals surface area contributed by atoms with Gasteiger partial charge in [-0.25, -0.2) is 0 Å². The van der Waals surface area contributed by atoms with Gasteiger partial charge >= 0.3 is 35.5 Å².